The molecule has 1 amide bonds. The van der Waals surface area contributed by atoms with Gasteiger partial charge in [0, 0.05) is 36.4 Å². The Labute approximate surface area is 176 Å². The maximum absolute atomic E-state index is 12.8. The van der Waals surface area contributed by atoms with E-state index in [9.17, 15) is 9.59 Å². The third-order valence-corrected chi connectivity index (χ3v) is 5.12. The molecule has 30 heavy (non-hydrogen) atoms. The molecule has 0 spiro atoms. The minimum absolute atomic E-state index is 0.0744. The number of nitrogens with zero attached hydrogens (tertiary/aromatic N) is 1. The first-order valence-electron chi connectivity index (χ1n) is 10.1. The van der Waals surface area contributed by atoms with E-state index < -0.39 is 6.10 Å². The van der Waals surface area contributed by atoms with Crippen LogP contribution in [-0.2, 0) is 16.1 Å². The number of rotatable bonds is 6. The van der Waals surface area contributed by atoms with Crippen molar-refractivity contribution in [1.82, 2.24) is 4.90 Å². The largest absolute Gasteiger partial charge is 0.366 e. The average molecular weight is 400 g/mol. The maximum atomic E-state index is 12.8. The molecule has 0 bridgehead atoms. The summed E-state index contributed by atoms with van der Waals surface area (Å²) in [7, 11) is 0. The summed E-state index contributed by atoms with van der Waals surface area (Å²) < 4.78 is 5.71. The topological polar surface area (TPSA) is 58.6 Å². The Kier molecular flexibility index (Phi) is 6.32. The monoisotopic (exact) mass is 400 g/mol. The molecule has 1 aliphatic heterocycles. The van der Waals surface area contributed by atoms with E-state index in [-0.39, 0.29) is 11.7 Å². The Bertz CT molecular complexity index is 1010. The van der Waals surface area contributed by atoms with Crippen LogP contribution in [0.3, 0.4) is 0 Å². The van der Waals surface area contributed by atoms with Crippen LogP contribution in [0.5, 0.6) is 0 Å². The van der Waals surface area contributed by atoms with Crippen LogP contribution >= 0.6 is 0 Å². The van der Waals surface area contributed by atoms with Crippen molar-refractivity contribution >= 4 is 17.4 Å². The molecule has 3 aromatic carbocycles. The van der Waals surface area contributed by atoms with E-state index >= 15 is 0 Å². The minimum Gasteiger partial charge on any atom is -0.366 e. The van der Waals surface area contributed by atoms with E-state index in [1.807, 2.05) is 36.4 Å². The molecular formula is C25H24N2O3. The van der Waals surface area contributed by atoms with E-state index in [2.05, 4.69) is 22.3 Å². The molecule has 0 aromatic heterocycles. The summed E-state index contributed by atoms with van der Waals surface area (Å²) in [6.45, 7) is 2.62. The van der Waals surface area contributed by atoms with Gasteiger partial charge in [0.25, 0.3) is 5.91 Å². The van der Waals surface area contributed by atoms with Crippen molar-refractivity contribution in [1.29, 1.82) is 0 Å². The molecule has 5 heteroatoms. The summed E-state index contributed by atoms with van der Waals surface area (Å²) in [5.74, 6) is -0.272. The number of hydrogen-bond acceptors (Lipinski definition) is 4. The van der Waals surface area contributed by atoms with Crippen molar-refractivity contribution in [3.05, 3.63) is 102 Å². The standard InChI is InChI=1S/C25H24N2O3/c28-24(20-10-5-2-6-11-20)21-12-7-13-22(16-21)26-25(29)23-18-27(14-15-30-23)17-19-8-3-1-4-9-19/h1-13,16,23H,14-15,17-18H2,(H,26,29). The van der Waals surface area contributed by atoms with Crippen molar-refractivity contribution in [3.8, 4) is 0 Å². The summed E-state index contributed by atoms with van der Waals surface area (Å²) in [6.07, 6.45) is -0.545. The molecule has 1 saturated heterocycles. The van der Waals surface area contributed by atoms with Gasteiger partial charge in [-0.25, -0.2) is 0 Å². The summed E-state index contributed by atoms with van der Waals surface area (Å²) in [5, 5.41) is 2.90. The SMILES string of the molecule is O=C(c1ccccc1)c1cccc(NC(=O)C2CN(Cc3ccccc3)CCO2)c1. The molecular weight excluding hydrogens is 376 g/mol. The van der Waals surface area contributed by atoms with Gasteiger partial charge in [-0.3, -0.25) is 14.5 Å². The number of morpholine rings is 1. The highest BCUT2D eigenvalue weighted by Crippen LogP contribution is 2.17. The summed E-state index contributed by atoms with van der Waals surface area (Å²) in [6, 6.07) is 26.3. The molecule has 0 radical (unpaired) electrons. The summed E-state index contributed by atoms with van der Waals surface area (Å²) in [5.41, 5.74) is 2.96. The van der Waals surface area contributed by atoms with Crippen LogP contribution in [0, 0.1) is 0 Å². The molecule has 1 fully saturated rings. The summed E-state index contributed by atoms with van der Waals surface area (Å²) >= 11 is 0. The van der Waals surface area contributed by atoms with Gasteiger partial charge in [0.1, 0.15) is 6.10 Å². The zero-order valence-electron chi connectivity index (χ0n) is 16.7. The number of anilines is 1. The second kappa shape index (κ2) is 9.48. The lowest BCUT2D eigenvalue weighted by Gasteiger charge is -2.32. The predicted molar refractivity (Wildman–Crippen MR) is 116 cm³/mol. The number of carbonyl (C=O) groups is 2. The van der Waals surface area contributed by atoms with Crippen molar-refractivity contribution in [2.45, 2.75) is 12.6 Å². The number of ketones is 1. The van der Waals surface area contributed by atoms with Gasteiger partial charge >= 0.3 is 0 Å². The Morgan fingerprint density at radius 3 is 2.37 bits per heavy atom. The number of benzene rings is 3. The summed E-state index contributed by atoms with van der Waals surface area (Å²) in [4.78, 5) is 27.6. The molecule has 1 aliphatic rings. The number of hydrogen-bond donors (Lipinski definition) is 1. The lowest BCUT2D eigenvalue weighted by atomic mass is 10.0. The fourth-order valence-electron chi connectivity index (χ4n) is 3.56. The number of carbonyl (C=O) groups excluding carboxylic acids is 2. The van der Waals surface area contributed by atoms with E-state index in [0.29, 0.717) is 30.0 Å². The van der Waals surface area contributed by atoms with Gasteiger partial charge in [0.2, 0.25) is 0 Å². The highest BCUT2D eigenvalue weighted by molar-refractivity contribution is 6.09. The lowest BCUT2D eigenvalue weighted by Crippen LogP contribution is -2.47. The molecule has 5 nitrogen and oxygen atoms in total. The smallest absolute Gasteiger partial charge is 0.254 e. The lowest BCUT2D eigenvalue weighted by molar-refractivity contribution is -0.133. The molecule has 0 saturated carbocycles. The Balaban J connectivity index is 1.39. The molecule has 0 aliphatic carbocycles. The van der Waals surface area contributed by atoms with Crippen LogP contribution in [0.15, 0.2) is 84.9 Å². The van der Waals surface area contributed by atoms with Crippen LogP contribution in [0.25, 0.3) is 0 Å². The fourth-order valence-corrected chi connectivity index (χ4v) is 3.56. The second-order valence-electron chi connectivity index (χ2n) is 7.35. The molecule has 1 heterocycles. The van der Waals surface area contributed by atoms with E-state index in [0.717, 1.165) is 13.1 Å². The molecule has 1 unspecified atom stereocenters. The highest BCUT2D eigenvalue weighted by Gasteiger charge is 2.27. The number of ether oxygens (including phenoxy) is 1. The van der Waals surface area contributed by atoms with Gasteiger partial charge in [0.05, 0.1) is 6.61 Å². The van der Waals surface area contributed by atoms with Crippen molar-refractivity contribution in [3.63, 3.8) is 0 Å². The first-order valence-corrected chi connectivity index (χ1v) is 10.1. The first-order chi connectivity index (χ1) is 14.7. The van der Waals surface area contributed by atoms with E-state index in [1.165, 1.54) is 5.56 Å². The average Bonchev–Trinajstić information content (AvgIpc) is 2.80. The molecule has 4 rings (SSSR count). The van der Waals surface area contributed by atoms with Gasteiger partial charge < -0.3 is 10.1 Å². The van der Waals surface area contributed by atoms with Crippen molar-refractivity contribution < 1.29 is 14.3 Å². The fraction of sp³-hybridized carbons (Fsp3) is 0.200. The molecule has 3 aromatic rings. The number of nitrogens with one attached hydrogen (secondary N) is 1. The van der Waals surface area contributed by atoms with E-state index in [4.69, 9.17) is 4.74 Å². The second-order valence-corrected chi connectivity index (χ2v) is 7.35. The van der Waals surface area contributed by atoms with Crippen LogP contribution in [0.4, 0.5) is 5.69 Å². The number of amides is 1. The Morgan fingerprint density at radius 2 is 1.60 bits per heavy atom. The Morgan fingerprint density at radius 1 is 0.900 bits per heavy atom. The van der Waals surface area contributed by atoms with Crippen LogP contribution in [0.1, 0.15) is 21.5 Å². The van der Waals surface area contributed by atoms with Gasteiger partial charge in [-0.15, -0.1) is 0 Å². The zero-order valence-corrected chi connectivity index (χ0v) is 16.7. The maximum Gasteiger partial charge on any atom is 0.254 e. The minimum atomic E-state index is -0.545. The van der Waals surface area contributed by atoms with Crippen molar-refractivity contribution in [2.24, 2.45) is 0 Å². The van der Waals surface area contributed by atoms with Gasteiger partial charge in [-0.05, 0) is 17.7 Å². The predicted octanol–water partition coefficient (Wildman–Crippen LogP) is 3.76. The molecule has 1 N–H and O–H groups in total. The van der Waals surface area contributed by atoms with Gasteiger partial charge in [-0.2, -0.15) is 0 Å². The Hall–Kier alpha value is -3.28. The quantitative estimate of drug-likeness (QED) is 0.640. The third kappa shape index (κ3) is 5.00. The van der Waals surface area contributed by atoms with Crippen molar-refractivity contribution in [2.75, 3.05) is 25.0 Å². The normalized spacial score (nSPS) is 16.7. The third-order valence-electron chi connectivity index (χ3n) is 5.12. The zero-order chi connectivity index (χ0) is 20.8. The van der Waals surface area contributed by atoms with Crippen LogP contribution in [0.2, 0.25) is 0 Å². The van der Waals surface area contributed by atoms with Crippen LogP contribution < -0.4 is 5.32 Å². The highest BCUT2D eigenvalue weighted by atomic mass is 16.5. The first kappa shape index (κ1) is 20.0. The van der Waals surface area contributed by atoms with Gasteiger partial charge in [0.15, 0.2) is 5.78 Å². The molecule has 1 atom stereocenters. The van der Waals surface area contributed by atoms with Crippen LogP contribution in [-0.4, -0.2) is 42.4 Å². The van der Waals surface area contributed by atoms with E-state index in [1.54, 1.807) is 36.4 Å². The van der Waals surface area contributed by atoms with Gasteiger partial charge in [-0.1, -0.05) is 72.8 Å². The molecule has 152 valence electrons.